The molecule has 0 amide bonds. The van der Waals surface area contributed by atoms with E-state index in [1.165, 1.54) is 32.1 Å². The van der Waals surface area contributed by atoms with Gasteiger partial charge in [-0.3, -0.25) is 0 Å². The number of thiol groups is 1. The van der Waals surface area contributed by atoms with Crippen LogP contribution in [0.15, 0.2) is 22.6 Å². The molecule has 2 aliphatic rings. The summed E-state index contributed by atoms with van der Waals surface area (Å²) in [6, 6.07) is 5.79. The molecule has 4 heteroatoms. The van der Waals surface area contributed by atoms with Crippen LogP contribution in [0.3, 0.4) is 0 Å². The van der Waals surface area contributed by atoms with E-state index in [2.05, 4.69) is 17.2 Å². The van der Waals surface area contributed by atoms with Crippen LogP contribution in [-0.4, -0.2) is 19.4 Å². The maximum absolute atomic E-state index is 6.10. The highest BCUT2D eigenvalue weighted by atomic mass is 32.1. The SMILES string of the molecule is COc1ccc(/C=N/S)c(OC2CC3(CCC3)C2)c1. The van der Waals surface area contributed by atoms with Gasteiger partial charge in [0.2, 0.25) is 0 Å². The van der Waals surface area contributed by atoms with Crippen molar-refractivity contribution >= 4 is 19.0 Å². The van der Waals surface area contributed by atoms with Gasteiger partial charge in [0, 0.05) is 17.8 Å². The van der Waals surface area contributed by atoms with Gasteiger partial charge in [0.1, 0.15) is 11.5 Å². The van der Waals surface area contributed by atoms with Gasteiger partial charge in [0.25, 0.3) is 0 Å². The summed E-state index contributed by atoms with van der Waals surface area (Å²) in [4.78, 5) is 0. The fourth-order valence-corrected chi connectivity index (χ4v) is 3.29. The summed E-state index contributed by atoms with van der Waals surface area (Å²) < 4.78 is 15.1. The maximum atomic E-state index is 6.10. The average Bonchev–Trinajstić information content (AvgIpc) is 2.33. The molecule has 1 spiro atoms. The highest BCUT2D eigenvalue weighted by Crippen LogP contribution is 2.56. The minimum Gasteiger partial charge on any atom is -0.497 e. The third-order valence-corrected chi connectivity index (χ3v) is 4.56. The van der Waals surface area contributed by atoms with Crippen molar-refractivity contribution in [3.05, 3.63) is 23.8 Å². The van der Waals surface area contributed by atoms with E-state index in [1.807, 2.05) is 18.2 Å². The van der Waals surface area contributed by atoms with Gasteiger partial charge in [-0.15, -0.1) is 0 Å². The number of benzene rings is 1. The zero-order valence-electron chi connectivity index (χ0n) is 11.1. The number of hydrogen-bond acceptors (Lipinski definition) is 4. The minimum atomic E-state index is 0.347. The predicted molar refractivity (Wildman–Crippen MR) is 79.5 cm³/mol. The number of rotatable bonds is 4. The quantitative estimate of drug-likeness (QED) is 0.672. The fourth-order valence-electron chi connectivity index (χ4n) is 3.17. The summed E-state index contributed by atoms with van der Waals surface area (Å²) in [5, 5.41) is 0. The van der Waals surface area contributed by atoms with Crippen LogP contribution in [0, 0.1) is 5.41 Å². The van der Waals surface area contributed by atoms with Gasteiger partial charge in [0.15, 0.2) is 0 Å². The third-order valence-electron chi connectivity index (χ3n) is 4.45. The molecular formula is C15H19NO2S. The number of nitrogens with zero attached hydrogens (tertiary/aromatic N) is 1. The van der Waals surface area contributed by atoms with E-state index in [-0.39, 0.29) is 0 Å². The first-order valence-electron chi connectivity index (χ1n) is 6.77. The molecule has 1 aromatic carbocycles. The van der Waals surface area contributed by atoms with E-state index >= 15 is 0 Å². The van der Waals surface area contributed by atoms with Crippen molar-refractivity contribution in [3.8, 4) is 11.5 Å². The first-order valence-corrected chi connectivity index (χ1v) is 7.17. The Hall–Kier alpha value is -1.16. The van der Waals surface area contributed by atoms with Crippen LogP contribution in [0.25, 0.3) is 0 Å². The summed E-state index contributed by atoms with van der Waals surface area (Å²) >= 11 is 3.89. The molecule has 102 valence electrons. The van der Waals surface area contributed by atoms with Crippen molar-refractivity contribution in [2.75, 3.05) is 7.11 Å². The second-order valence-electron chi connectivity index (χ2n) is 5.65. The second-order valence-corrected chi connectivity index (χ2v) is 5.88. The first kappa shape index (κ1) is 12.9. The van der Waals surface area contributed by atoms with E-state index in [1.54, 1.807) is 13.3 Å². The lowest BCUT2D eigenvalue weighted by molar-refractivity contribution is -0.0682. The number of ether oxygens (including phenoxy) is 2. The van der Waals surface area contributed by atoms with E-state index in [0.717, 1.165) is 17.1 Å². The Balaban J connectivity index is 1.71. The Morgan fingerprint density at radius 3 is 2.74 bits per heavy atom. The molecule has 3 rings (SSSR count). The van der Waals surface area contributed by atoms with Crippen LogP contribution < -0.4 is 9.47 Å². The smallest absolute Gasteiger partial charge is 0.132 e. The van der Waals surface area contributed by atoms with Gasteiger partial charge >= 0.3 is 0 Å². The van der Waals surface area contributed by atoms with Crippen LogP contribution in [0.1, 0.15) is 37.7 Å². The standard InChI is InChI=1S/C15H19NO2S/c1-17-12-4-3-11(10-16-19)14(7-12)18-13-8-15(9-13)5-2-6-15/h3-4,7,10,13,19H,2,5-6,8-9H2,1H3/b16-10+. The molecule has 0 aliphatic heterocycles. The molecule has 0 atom stereocenters. The van der Waals surface area contributed by atoms with Crippen LogP contribution in [-0.2, 0) is 0 Å². The summed E-state index contributed by atoms with van der Waals surface area (Å²) in [7, 11) is 1.66. The van der Waals surface area contributed by atoms with Gasteiger partial charge in [-0.2, -0.15) is 0 Å². The summed E-state index contributed by atoms with van der Waals surface area (Å²) in [5.41, 5.74) is 1.58. The lowest BCUT2D eigenvalue weighted by atomic mass is 9.55. The van der Waals surface area contributed by atoms with Crippen molar-refractivity contribution in [3.63, 3.8) is 0 Å². The van der Waals surface area contributed by atoms with E-state index in [0.29, 0.717) is 11.5 Å². The molecule has 1 aromatic rings. The Bertz CT molecular complexity index is 489. The molecule has 0 N–H and O–H groups in total. The molecule has 0 radical (unpaired) electrons. The number of methoxy groups -OCH3 is 1. The Kier molecular flexibility index (Phi) is 3.44. The van der Waals surface area contributed by atoms with E-state index in [9.17, 15) is 0 Å². The third kappa shape index (κ3) is 2.46. The number of hydrogen-bond donors (Lipinski definition) is 1. The maximum Gasteiger partial charge on any atom is 0.132 e. The van der Waals surface area contributed by atoms with Gasteiger partial charge < -0.3 is 9.47 Å². The van der Waals surface area contributed by atoms with Crippen molar-refractivity contribution in [1.82, 2.24) is 0 Å². The van der Waals surface area contributed by atoms with Crippen molar-refractivity contribution < 1.29 is 9.47 Å². The van der Waals surface area contributed by atoms with E-state index in [4.69, 9.17) is 9.47 Å². The molecule has 0 aromatic heterocycles. The Morgan fingerprint density at radius 1 is 1.37 bits per heavy atom. The zero-order valence-corrected chi connectivity index (χ0v) is 12.0. The molecule has 2 aliphatic carbocycles. The van der Waals surface area contributed by atoms with Gasteiger partial charge in [-0.1, -0.05) is 6.42 Å². The van der Waals surface area contributed by atoms with Crippen molar-refractivity contribution in [2.24, 2.45) is 9.81 Å². The minimum absolute atomic E-state index is 0.347. The van der Waals surface area contributed by atoms with Crippen molar-refractivity contribution in [1.29, 1.82) is 0 Å². The van der Waals surface area contributed by atoms with E-state index < -0.39 is 0 Å². The van der Waals surface area contributed by atoms with Gasteiger partial charge in [0.05, 0.1) is 13.2 Å². The Morgan fingerprint density at radius 2 is 2.16 bits per heavy atom. The fraction of sp³-hybridized carbons (Fsp3) is 0.533. The van der Waals surface area contributed by atoms with Crippen molar-refractivity contribution in [2.45, 2.75) is 38.2 Å². The molecule has 2 fully saturated rings. The Labute approximate surface area is 119 Å². The molecule has 3 nitrogen and oxygen atoms in total. The highest BCUT2D eigenvalue weighted by molar-refractivity contribution is 7.79. The second kappa shape index (κ2) is 5.08. The molecule has 0 saturated heterocycles. The monoisotopic (exact) mass is 277 g/mol. The molecule has 2 saturated carbocycles. The summed E-state index contributed by atoms with van der Waals surface area (Å²) in [5.74, 6) is 1.65. The van der Waals surface area contributed by atoms with Crippen LogP contribution in [0.2, 0.25) is 0 Å². The highest BCUT2D eigenvalue weighted by Gasteiger charge is 2.49. The normalized spacial score (nSPS) is 21.2. The predicted octanol–water partition coefficient (Wildman–Crippen LogP) is 3.67. The lowest BCUT2D eigenvalue weighted by Crippen LogP contribution is -2.48. The molecule has 0 bridgehead atoms. The molecular weight excluding hydrogens is 258 g/mol. The molecule has 0 heterocycles. The van der Waals surface area contributed by atoms with Crippen LogP contribution in [0.5, 0.6) is 11.5 Å². The van der Waals surface area contributed by atoms with Gasteiger partial charge in [-0.25, -0.2) is 4.40 Å². The van der Waals surface area contributed by atoms with Gasteiger partial charge in [-0.05, 0) is 56.0 Å². The van der Waals surface area contributed by atoms with Crippen LogP contribution in [0.4, 0.5) is 0 Å². The molecule has 0 unspecified atom stereocenters. The molecule has 19 heavy (non-hydrogen) atoms. The topological polar surface area (TPSA) is 30.8 Å². The summed E-state index contributed by atoms with van der Waals surface area (Å²) in [6.45, 7) is 0. The van der Waals surface area contributed by atoms with Crippen LogP contribution >= 0.6 is 12.8 Å². The largest absolute Gasteiger partial charge is 0.497 e. The first-order chi connectivity index (χ1) is 9.24. The zero-order chi connectivity index (χ0) is 13.3. The summed E-state index contributed by atoms with van der Waals surface area (Å²) in [6.07, 6.45) is 8.60. The average molecular weight is 277 g/mol. The lowest BCUT2D eigenvalue weighted by Gasteiger charge is -2.53.